The van der Waals surface area contributed by atoms with E-state index in [9.17, 15) is 9.90 Å². The number of halogens is 1. The van der Waals surface area contributed by atoms with Crippen molar-refractivity contribution in [2.75, 3.05) is 13.7 Å². The van der Waals surface area contributed by atoms with Crippen LogP contribution < -0.4 is 10.1 Å². The molecule has 0 fully saturated rings. The lowest BCUT2D eigenvalue weighted by molar-refractivity contribution is -0.122. The van der Waals surface area contributed by atoms with Gasteiger partial charge in [0.25, 0.3) is 0 Å². The molecule has 0 bridgehead atoms. The summed E-state index contributed by atoms with van der Waals surface area (Å²) in [6, 6.07) is 5.34. The van der Waals surface area contributed by atoms with E-state index in [1.54, 1.807) is 13.2 Å². The first-order valence-corrected chi connectivity index (χ1v) is 7.56. The van der Waals surface area contributed by atoms with E-state index in [1.807, 2.05) is 12.1 Å². The van der Waals surface area contributed by atoms with Crippen LogP contribution in [0, 0.1) is 5.92 Å². The summed E-state index contributed by atoms with van der Waals surface area (Å²) in [7, 11) is 1.57. The molecule has 2 N–H and O–H groups in total. The van der Waals surface area contributed by atoms with E-state index < -0.39 is 0 Å². The van der Waals surface area contributed by atoms with Crippen molar-refractivity contribution in [1.29, 1.82) is 0 Å². The summed E-state index contributed by atoms with van der Waals surface area (Å²) in [6.45, 7) is 4.10. The topological polar surface area (TPSA) is 58.6 Å². The summed E-state index contributed by atoms with van der Waals surface area (Å²) in [6.07, 6.45) is 1.75. The maximum atomic E-state index is 11.9. The van der Waals surface area contributed by atoms with Crippen LogP contribution in [0.1, 0.15) is 32.3 Å². The summed E-state index contributed by atoms with van der Waals surface area (Å²) in [4.78, 5) is 11.9. The van der Waals surface area contributed by atoms with Gasteiger partial charge in [-0.05, 0) is 36.5 Å². The lowest BCUT2D eigenvalue weighted by Gasteiger charge is -2.18. The molecule has 0 saturated carbocycles. The van der Waals surface area contributed by atoms with Crippen molar-refractivity contribution < 1.29 is 14.6 Å². The third-order valence-electron chi connectivity index (χ3n) is 3.20. The number of aryl methyl sites for hydroxylation is 1. The van der Waals surface area contributed by atoms with Gasteiger partial charge in [-0.25, -0.2) is 0 Å². The number of benzene rings is 1. The fraction of sp³-hybridized carbons (Fsp3) is 0.562. The molecule has 0 aliphatic heterocycles. The van der Waals surface area contributed by atoms with E-state index in [2.05, 4.69) is 19.2 Å². The molecule has 4 nitrogen and oxygen atoms in total. The van der Waals surface area contributed by atoms with Gasteiger partial charge in [0.15, 0.2) is 0 Å². The monoisotopic (exact) mass is 313 g/mol. The van der Waals surface area contributed by atoms with Crippen molar-refractivity contribution in [3.63, 3.8) is 0 Å². The molecule has 1 aromatic rings. The Bertz CT molecular complexity index is 463. The highest BCUT2D eigenvalue weighted by Crippen LogP contribution is 2.25. The average molecular weight is 314 g/mol. The molecule has 1 amide bonds. The zero-order chi connectivity index (χ0) is 15.8. The predicted molar refractivity (Wildman–Crippen MR) is 84.8 cm³/mol. The van der Waals surface area contributed by atoms with Crippen molar-refractivity contribution in [3.05, 3.63) is 28.8 Å². The maximum absolute atomic E-state index is 11.9. The van der Waals surface area contributed by atoms with Gasteiger partial charge in [-0.1, -0.05) is 31.5 Å². The van der Waals surface area contributed by atoms with Crippen LogP contribution in [0.2, 0.25) is 5.02 Å². The first-order valence-electron chi connectivity index (χ1n) is 7.18. The van der Waals surface area contributed by atoms with Crippen molar-refractivity contribution in [2.45, 2.75) is 39.2 Å². The molecule has 0 aromatic heterocycles. The van der Waals surface area contributed by atoms with E-state index in [0.717, 1.165) is 12.0 Å². The van der Waals surface area contributed by atoms with Crippen LogP contribution in [-0.2, 0) is 11.2 Å². The highest BCUT2D eigenvalue weighted by Gasteiger charge is 2.13. The molecule has 0 spiro atoms. The maximum Gasteiger partial charge on any atom is 0.220 e. The van der Waals surface area contributed by atoms with Gasteiger partial charge in [0.05, 0.1) is 24.8 Å². The van der Waals surface area contributed by atoms with Crippen LogP contribution in [0.15, 0.2) is 18.2 Å². The van der Waals surface area contributed by atoms with E-state index in [1.165, 1.54) is 0 Å². The summed E-state index contributed by atoms with van der Waals surface area (Å²) in [5.74, 6) is 1.01. The Kier molecular flexibility index (Phi) is 7.54. The SMILES string of the molecule is COc1ccc(CCC(=O)NC(CO)CC(C)C)cc1Cl. The summed E-state index contributed by atoms with van der Waals surface area (Å²) in [5, 5.41) is 12.7. The fourth-order valence-electron chi connectivity index (χ4n) is 2.17. The molecule has 1 unspecified atom stereocenters. The molecule has 0 aliphatic carbocycles. The number of methoxy groups -OCH3 is 1. The number of ether oxygens (including phenoxy) is 1. The second kappa shape index (κ2) is 8.90. The molecule has 1 rings (SSSR count). The zero-order valence-corrected chi connectivity index (χ0v) is 13.6. The van der Waals surface area contributed by atoms with Gasteiger partial charge in [0.1, 0.15) is 5.75 Å². The zero-order valence-electron chi connectivity index (χ0n) is 12.9. The summed E-state index contributed by atoms with van der Waals surface area (Å²) < 4.78 is 5.09. The Labute approximate surface area is 131 Å². The van der Waals surface area contributed by atoms with Crippen LogP contribution in [0.4, 0.5) is 0 Å². The van der Waals surface area contributed by atoms with Crippen molar-refractivity contribution in [2.24, 2.45) is 5.92 Å². The van der Waals surface area contributed by atoms with Gasteiger partial charge in [-0.15, -0.1) is 0 Å². The van der Waals surface area contributed by atoms with Crippen LogP contribution in [0.25, 0.3) is 0 Å². The van der Waals surface area contributed by atoms with E-state index in [4.69, 9.17) is 16.3 Å². The molecule has 5 heteroatoms. The average Bonchev–Trinajstić information content (AvgIpc) is 2.44. The van der Waals surface area contributed by atoms with Gasteiger partial charge in [-0.3, -0.25) is 4.79 Å². The van der Waals surface area contributed by atoms with Gasteiger partial charge < -0.3 is 15.2 Å². The molecule has 1 aromatic carbocycles. The van der Waals surface area contributed by atoms with Crippen LogP contribution >= 0.6 is 11.6 Å². The molecule has 0 aliphatic rings. The molecular formula is C16H24ClNO3. The van der Waals surface area contributed by atoms with Crippen molar-refractivity contribution in [3.8, 4) is 5.75 Å². The third-order valence-corrected chi connectivity index (χ3v) is 3.49. The largest absolute Gasteiger partial charge is 0.495 e. The van der Waals surface area contributed by atoms with Crippen molar-refractivity contribution >= 4 is 17.5 Å². The number of aliphatic hydroxyl groups excluding tert-OH is 1. The number of nitrogens with one attached hydrogen (secondary N) is 1. The normalized spacial score (nSPS) is 12.3. The fourth-order valence-corrected chi connectivity index (χ4v) is 2.45. The molecule has 0 radical (unpaired) electrons. The van der Waals surface area contributed by atoms with E-state index in [-0.39, 0.29) is 18.6 Å². The van der Waals surface area contributed by atoms with Crippen molar-refractivity contribution in [1.82, 2.24) is 5.32 Å². The Balaban J connectivity index is 2.47. The van der Waals surface area contributed by atoms with Crippen LogP contribution in [0.5, 0.6) is 5.75 Å². The highest BCUT2D eigenvalue weighted by atomic mass is 35.5. The first kappa shape index (κ1) is 17.8. The van der Waals surface area contributed by atoms with Crippen LogP contribution in [0.3, 0.4) is 0 Å². The number of rotatable bonds is 8. The Morgan fingerprint density at radius 2 is 2.14 bits per heavy atom. The van der Waals surface area contributed by atoms with Gasteiger partial charge in [0.2, 0.25) is 5.91 Å². The number of carbonyl (C=O) groups is 1. The second-order valence-corrected chi connectivity index (χ2v) is 5.95. The Hall–Kier alpha value is -1.26. The quantitative estimate of drug-likeness (QED) is 0.776. The van der Waals surface area contributed by atoms with E-state index >= 15 is 0 Å². The van der Waals surface area contributed by atoms with Gasteiger partial charge in [-0.2, -0.15) is 0 Å². The molecule has 0 saturated heterocycles. The minimum Gasteiger partial charge on any atom is -0.495 e. The summed E-state index contributed by atoms with van der Waals surface area (Å²) in [5.41, 5.74) is 0.986. The molecule has 21 heavy (non-hydrogen) atoms. The highest BCUT2D eigenvalue weighted by molar-refractivity contribution is 6.32. The molecular weight excluding hydrogens is 290 g/mol. The number of carbonyl (C=O) groups excluding carboxylic acids is 1. The molecule has 118 valence electrons. The minimum absolute atomic E-state index is 0.0295. The number of amides is 1. The standard InChI is InChI=1S/C16H24ClNO3/c1-11(2)8-13(10-19)18-16(20)7-5-12-4-6-15(21-3)14(17)9-12/h4,6,9,11,13,19H,5,7-8,10H2,1-3H3,(H,18,20). The Morgan fingerprint density at radius 3 is 2.67 bits per heavy atom. The first-order chi connectivity index (χ1) is 9.96. The smallest absolute Gasteiger partial charge is 0.220 e. The lowest BCUT2D eigenvalue weighted by Crippen LogP contribution is -2.38. The van der Waals surface area contributed by atoms with Gasteiger partial charge in [0, 0.05) is 6.42 Å². The second-order valence-electron chi connectivity index (χ2n) is 5.55. The number of aliphatic hydroxyl groups is 1. The van der Waals surface area contributed by atoms with E-state index in [0.29, 0.717) is 29.5 Å². The molecule has 1 atom stereocenters. The predicted octanol–water partition coefficient (Wildman–Crippen LogP) is 2.80. The molecule has 0 heterocycles. The number of hydrogen-bond donors (Lipinski definition) is 2. The minimum atomic E-state index is -0.169. The third kappa shape index (κ3) is 6.36. The number of hydrogen-bond acceptors (Lipinski definition) is 3. The van der Waals surface area contributed by atoms with Gasteiger partial charge >= 0.3 is 0 Å². The Morgan fingerprint density at radius 1 is 1.43 bits per heavy atom. The lowest BCUT2D eigenvalue weighted by atomic mass is 10.0. The van der Waals surface area contributed by atoms with Crippen LogP contribution in [-0.4, -0.2) is 30.8 Å². The summed E-state index contributed by atoms with van der Waals surface area (Å²) >= 11 is 6.05.